The molecular weight excluding hydrogens is 828 g/mol. The Morgan fingerprint density at radius 1 is 0.558 bits per heavy atom. The summed E-state index contributed by atoms with van der Waals surface area (Å²) in [6.45, 7) is -1.27. The largest absolute Gasteiger partial charge is 0.465 e. The van der Waals surface area contributed by atoms with Crippen molar-refractivity contribution in [2.75, 3.05) is 36.4 Å². The molecule has 0 amide bonds. The molecule has 1 rings (SSSR count). The number of carbonyl (C=O) groups is 1. The predicted octanol–water partition coefficient (Wildman–Crippen LogP) is 10.5. The van der Waals surface area contributed by atoms with Crippen molar-refractivity contribution in [2.45, 2.75) is 85.2 Å². The standard InChI is InChI=1S/C26H22Cl2F21NO2/c27-9-11-50(12-10-28)15-6-4-14(5-7-15)2-1-3-16(51)52-13-8-17(29,30)18(31,32)19(33,34)20(35,36)21(37,38)22(39,40)23(41,42)24(43,44)25(45,46)26(47,48)49/h4-7H,1-3,8-13H2. The van der Waals surface area contributed by atoms with E-state index in [1.54, 1.807) is 24.3 Å². The van der Waals surface area contributed by atoms with Crippen LogP contribution in [0.25, 0.3) is 0 Å². The van der Waals surface area contributed by atoms with E-state index in [0.717, 1.165) is 0 Å². The molecule has 26 heteroatoms. The van der Waals surface area contributed by atoms with Crippen molar-refractivity contribution in [3.8, 4) is 0 Å². The molecule has 0 radical (unpaired) electrons. The van der Waals surface area contributed by atoms with Gasteiger partial charge in [-0.3, -0.25) is 4.79 Å². The Morgan fingerprint density at radius 3 is 1.29 bits per heavy atom. The van der Waals surface area contributed by atoms with Gasteiger partial charge in [-0.2, -0.15) is 92.2 Å². The number of esters is 1. The van der Waals surface area contributed by atoms with Gasteiger partial charge in [0.2, 0.25) is 0 Å². The molecule has 0 saturated carbocycles. The van der Waals surface area contributed by atoms with Crippen molar-refractivity contribution >= 4 is 34.9 Å². The van der Waals surface area contributed by atoms with Gasteiger partial charge >= 0.3 is 65.4 Å². The molecule has 0 N–H and O–H groups in total. The van der Waals surface area contributed by atoms with Crippen molar-refractivity contribution in [1.82, 2.24) is 0 Å². The van der Waals surface area contributed by atoms with Crippen LogP contribution < -0.4 is 4.90 Å². The third kappa shape index (κ3) is 8.30. The molecule has 0 aliphatic rings. The normalized spacial score (nSPS) is 14.8. The zero-order valence-corrected chi connectivity index (χ0v) is 26.6. The van der Waals surface area contributed by atoms with Gasteiger partial charge in [-0.25, -0.2) is 0 Å². The van der Waals surface area contributed by atoms with Gasteiger partial charge in [0.05, 0.1) is 13.0 Å². The fourth-order valence-electron chi connectivity index (χ4n) is 4.00. The Bertz CT molecular complexity index is 1330. The van der Waals surface area contributed by atoms with E-state index in [-0.39, 0.29) is 24.6 Å². The average Bonchev–Trinajstić information content (AvgIpc) is 2.99. The highest BCUT2D eigenvalue weighted by atomic mass is 35.5. The number of benzene rings is 1. The summed E-state index contributed by atoms with van der Waals surface area (Å²) in [7, 11) is 0. The van der Waals surface area contributed by atoms with Gasteiger partial charge in [-0.15, -0.1) is 23.2 Å². The second-order valence-corrected chi connectivity index (χ2v) is 11.4. The summed E-state index contributed by atoms with van der Waals surface area (Å²) >= 11 is 11.4. The summed E-state index contributed by atoms with van der Waals surface area (Å²) < 4.78 is 287. The number of rotatable bonds is 20. The second kappa shape index (κ2) is 15.8. The lowest BCUT2D eigenvalue weighted by Gasteiger charge is -2.44. The summed E-state index contributed by atoms with van der Waals surface area (Å²) in [6, 6.07) is 6.38. The average molecular weight is 850 g/mol. The fourth-order valence-corrected chi connectivity index (χ4v) is 4.41. The Labute approximate surface area is 288 Å². The van der Waals surface area contributed by atoms with Crippen LogP contribution in [-0.4, -0.2) is 96.9 Å². The van der Waals surface area contributed by atoms with Gasteiger partial charge in [0, 0.05) is 37.0 Å². The minimum atomic E-state index is -9.23. The quantitative estimate of drug-likeness (QED) is 0.0744. The maximum absolute atomic E-state index is 14.0. The molecule has 3 nitrogen and oxygen atoms in total. The Balaban J connectivity index is 3.10. The molecule has 0 aliphatic carbocycles. The first-order valence-corrected chi connectivity index (χ1v) is 14.8. The van der Waals surface area contributed by atoms with Crippen LogP contribution in [0.4, 0.5) is 97.9 Å². The zero-order valence-electron chi connectivity index (χ0n) is 25.1. The van der Waals surface area contributed by atoms with Crippen LogP contribution >= 0.6 is 23.2 Å². The van der Waals surface area contributed by atoms with Crippen LogP contribution in [0.3, 0.4) is 0 Å². The highest BCUT2D eigenvalue weighted by Crippen LogP contribution is 2.66. The van der Waals surface area contributed by atoms with Crippen LogP contribution in [0, 0.1) is 0 Å². The lowest BCUT2D eigenvalue weighted by molar-refractivity contribution is -0.474. The Hall–Kier alpha value is -2.40. The molecular formula is C26H22Cl2F21NO2. The molecule has 52 heavy (non-hydrogen) atoms. The summed E-state index contributed by atoms with van der Waals surface area (Å²) in [4.78, 5) is 13.6. The van der Waals surface area contributed by atoms with Gasteiger partial charge in [0.25, 0.3) is 0 Å². The number of halogens is 23. The molecule has 0 bridgehead atoms. The number of ether oxygens (including phenoxy) is 1. The van der Waals surface area contributed by atoms with Crippen LogP contribution in [-0.2, 0) is 16.0 Å². The molecule has 0 unspecified atom stereocenters. The van der Waals surface area contributed by atoms with Crippen LogP contribution in [0.2, 0.25) is 0 Å². The Kier molecular flexibility index (Phi) is 14.4. The summed E-state index contributed by atoms with van der Waals surface area (Å²) in [5.74, 6) is -78.7. The van der Waals surface area contributed by atoms with Crippen molar-refractivity contribution < 1.29 is 102 Å². The van der Waals surface area contributed by atoms with Crippen molar-refractivity contribution in [3.05, 3.63) is 29.8 Å². The number of carbonyl (C=O) groups excluding carboxylic acids is 1. The van der Waals surface area contributed by atoms with Gasteiger partial charge in [-0.05, 0) is 30.5 Å². The molecule has 0 fully saturated rings. The number of hydrogen-bond donors (Lipinski definition) is 0. The lowest BCUT2D eigenvalue weighted by Crippen LogP contribution is -2.76. The molecule has 1 aromatic rings. The Morgan fingerprint density at radius 2 is 0.923 bits per heavy atom. The third-order valence-corrected chi connectivity index (χ3v) is 7.45. The third-order valence-electron chi connectivity index (χ3n) is 7.11. The first-order valence-electron chi connectivity index (χ1n) is 13.7. The smallest absolute Gasteiger partial charge is 0.460 e. The van der Waals surface area contributed by atoms with Crippen molar-refractivity contribution in [3.63, 3.8) is 0 Å². The summed E-state index contributed by atoms with van der Waals surface area (Å²) in [5, 5.41) is 0. The summed E-state index contributed by atoms with van der Waals surface area (Å²) in [6.07, 6.45) is -11.9. The molecule has 0 aliphatic heterocycles. The number of hydrogen-bond acceptors (Lipinski definition) is 3. The number of anilines is 1. The first kappa shape index (κ1) is 47.6. The number of aryl methyl sites for hydroxylation is 1. The molecule has 304 valence electrons. The minimum Gasteiger partial charge on any atom is -0.465 e. The van der Waals surface area contributed by atoms with Gasteiger partial charge in [0.15, 0.2) is 0 Å². The van der Waals surface area contributed by atoms with E-state index in [9.17, 15) is 97.0 Å². The van der Waals surface area contributed by atoms with E-state index >= 15 is 0 Å². The van der Waals surface area contributed by atoms with E-state index in [1.807, 2.05) is 4.90 Å². The predicted molar refractivity (Wildman–Crippen MR) is 139 cm³/mol. The molecule has 0 atom stereocenters. The van der Waals surface area contributed by atoms with Gasteiger partial charge in [0.1, 0.15) is 0 Å². The maximum Gasteiger partial charge on any atom is 0.460 e. The summed E-state index contributed by atoms with van der Waals surface area (Å²) in [5.41, 5.74) is 1.24. The highest BCUT2D eigenvalue weighted by Gasteiger charge is 2.97. The fraction of sp³-hybridized carbons (Fsp3) is 0.731. The van der Waals surface area contributed by atoms with E-state index in [1.165, 1.54) is 0 Å². The monoisotopic (exact) mass is 849 g/mol. The first-order chi connectivity index (χ1) is 23.1. The second-order valence-electron chi connectivity index (χ2n) is 10.7. The highest BCUT2D eigenvalue weighted by molar-refractivity contribution is 6.18. The number of alkyl halides is 23. The van der Waals surface area contributed by atoms with Gasteiger partial charge < -0.3 is 9.64 Å². The lowest BCUT2D eigenvalue weighted by atomic mass is 9.86. The van der Waals surface area contributed by atoms with Crippen molar-refractivity contribution in [1.29, 1.82) is 0 Å². The molecule has 0 heterocycles. The van der Waals surface area contributed by atoms with E-state index in [4.69, 9.17) is 23.2 Å². The van der Waals surface area contributed by atoms with Crippen LogP contribution in [0.15, 0.2) is 24.3 Å². The van der Waals surface area contributed by atoms with Gasteiger partial charge in [-0.1, -0.05) is 12.1 Å². The molecule has 0 saturated heterocycles. The molecule has 0 spiro atoms. The topological polar surface area (TPSA) is 29.5 Å². The molecule has 0 aromatic heterocycles. The maximum atomic E-state index is 14.0. The van der Waals surface area contributed by atoms with Crippen LogP contribution in [0.5, 0.6) is 0 Å². The number of nitrogens with zero attached hydrogens (tertiary/aromatic N) is 1. The van der Waals surface area contributed by atoms with E-state index < -0.39 is 84.9 Å². The van der Waals surface area contributed by atoms with E-state index in [2.05, 4.69) is 4.74 Å². The minimum absolute atomic E-state index is 0.0631. The van der Waals surface area contributed by atoms with E-state index in [0.29, 0.717) is 24.3 Å². The van der Waals surface area contributed by atoms with Crippen molar-refractivity contribution in [2.24, 2.45) is 0 Å². The van der Waals surface area contributed by atoms with Crippen LogP contribution in [0.1, 0.15) is 24.8 Å². The zero-order chi connectivity index (χ0) is 41.2. The SMILES string of the molecule is O=C(CCCc1ccc(N(CCCl)CCCl)cc1)OCCC(F)(F)C(F)(F)C(F)(F)C(F)(F)C(F)(F)C(F)(F)C(F)(F)C(F)(F)C(F)(F)C(F)(F)F. The molecule has 1 aromatic carbocycles.